The first-order valence-electron chi connectivity index (χ1n) is 9.96. The van der Waals surface area contributed by atoms with E-state index in [-0.39, 0.29) is 23.2 Å². The van der Waals surface area contributed by atoms with Crippen molar-refractivity contribution < 1.29 is 23.1 Å². The van der Waals surface area contributed by atoms with Gasteiger partial charge in [-0.05, 0) is 48.0 Å². The summed E-state index contributed by atoms with van der Waals surface area (Å²) in [4.78, 5) is 28.5. The van der Waals surface area contributed by atoms with Crippen molar-refractivity contribution in [3.63, 3.8) is 0 Å². The summed E-state index contributed by atoms with van der Waals surface area (Å²) in [5.41, 5.74) is 1.47. The quantitative estimate of drug-likeness (QED) is 0.395. The summed E-state index contributed by atoms with van der Waals surface area (Å²) in [7, 11) is 0. The van der Waals surface area contributed by atoms with Gasteiger partial charge in [0.25, 0.3) is 11.8 Å². The number of halogens is 2. The number of carbonyl (C=O) groups is 2. The molecular formula is C23H17F2N5O3S. The van der Waals surface area contributed by atoms with Crippen molar-refractivity contribution in [2.45, 2.75) is 13.2 Å². The van der Waals surface area contributed by atoms with Gasteiger partial charge in [0.05, 0.1) is 0 Å². The second-order valence-electron chi connectivity index (χ2n) is 6.94. The molecule has 0 fully saturated rings. The van der Waals surface area contributed by atoms with Crippen LogP contribution in [-0.4, -0.2) is 27.0 Å². The number of aromatic nitrogens is 3. The van der Waals surface area contributed by atoms with Crippen LogP contribution in [0.5, 0.6) is 5.75 Å². The molecule has 34 heavy (non-hydrogen) atoms. The maximum atomic E-state index is 13.3. The van der Waals surface area contributed by atoms with Crippen LogP contribution in [0.1, 0.15) is 30.7 Å². The van der Waals surface area contributed by atoms with Gasteiger partial charge in [-0.15, -0.1) is 10.2 Å². The highest BCUT2D eigenvalue weighted by atomic mass is 32.1. The van der Waals surface area contributed by atoms with Gasteiger partial charge < -0.3 is 15.4 Å². The lowest BCUT2D eigenvalue weighted by Gasteiger charge is -2.07. The number of carbonyl (C=O) groups excluding carboxylic acids is 2. The number of nitrogens with zero attached hydrogens (tertiary/aromatic N) is 3. The van der Waals surface area contributed by atoms with E-state index in [9.17, 15) is 18.4 Å². The average molecular weight is 481 g/mol. The predicted octanol–water partition coefficient (Wildman–Crippen LogP) is 3.97. The molecule has 2 heterocycles. The summed E-state index contributed by atoms with van der Waals surface area (Å²) in [6.45, 7) is 0.427. The number of amides is 2. The summed E-state index contributed by atoms with van der Waals surface area (Å²) in [6, 6.07) is 13.3. The highest BCUT2D eigenvalue weighted by Gasteiger charge is 2.15. The number of rotatable bonds is 8. The average Bonchev–Trinajstić information content (AvgIpc) is 3.34. The molecular weight excluding hydrogens is 464 g/mol. The zero-order chi connectivity index (χ0) is 23.9. The first-order valence-corrected chi connectivity index (χ1v) is 10.8. The van der Waals surface area contributed by atoms with E-state index in [4.69, 9.17) is 4.74 Å². The number of hydrogen-bond donors (Lipinski definition) is 2. The van der Waals surface area contributed by atoms with E-state index in [1.807, 2.05) is 6.07 Å². The van der Waals surface area contributed by atoms with Crippen molar-refractivity contribution in [1.29, 1.82) is 0 Å². The van der Waals surface area contributed by atoms with Gasteiger partial charge in [-0.1, -0.05) is 17.4 Å². The van der Waals surface area contributed by atoms with Crippen LogP contribution in [0, 0.1) is 11.6 Å². The van der Waals surface area contributed by atoms with Gasteiger partial charge >= 0.3 is 0 Å². The molecule has 2 N–H and O–H groups in total. The molecule has 0 bridgehead atoms. The molecule has 172 valence electrons. The zero-order valence-electron chi connectivity index (χ0n) is 17.5. The normalized spacial score (nSPS) is 10.5. The Bertz CT molecular complexity index is 1300. The third-order valence-corrected chi connectivity index (χ3v) is 5.39. The van der Waals surface area contributed by atoms with Crippen LogP contribution in [0.15, 0.2) is 67.0 Å². The maximum Gasteiger partial charge on any atom is 0.286 e. The molecule has 2 aromatic carbocycles. The Hall–Kier alpha value is -4.25. The Morgan fingerprint density at radius 2 is 1.79 bits per heavy atom. The van der Waals surface area contributed by atoms with E-state index in [0.717, 1.165) is 29.0 Å². The summed E-state index contributed by atoms with van der Waals surface area (Å²) >= 11 is 1.00. The zero-order valence-corrected chi connectivity index (χ0v) is 18.3. The molecule has 0 spiro atoms. The Balaban J connectivity index is 1.28. The molecule has 4 aromatic rings. The van der Waals surface area contributed by atoms with Crippen molar-refractivity contribution >= 4 is 28.8 Å². The fourth-order valence-electron chi connectivity index (χ4n) is 2.80. The fourth-order valence-corrected chi connectivity index (χ4v) is 3.44. The molecule has 0 radical (unpaired) electrons. The molecule has 2 aromatic heterocycles. The molecule has 0 saturated carbocycles. The van der Waals surface area contributed by atoms with Crippen molar-refractivity contribution in [3.8, 4) is 5.75 Å². The van der Waals surface area contributed by atoms with Crippen molar-refractivity contribution in [1.82, 2.24) is 20.5 Å². The van der Waals surface area contributed by atoms with Gasteiger partial charge in [0.15, 0.2) is 16.6 Å². The minimum absolute atomic E-state index is 0.0453. The predicted molar refractivity (Wildman–Crippen MR) is 120 cm³/mol. The Kier molecular flexibility index (Phi) is 7.13. The lowest BCUT2D eigenvalue weighted by Crippen LogP contribution is -2.22. The Morgan fingerprint density at radius 1 is 0.971 bits per heavy atom. The molecule has 8 nitrogen and oxygen atoms in total. The lowest BCUT2D eigenvalue weighted by atomic mass is 10.2. The maximum absolute atomic E-state index is 13.3. The van der Waals surface area contributed by atoms with Gasteiger partial charge in [-0.25, -0.2) is 8.78 Å². The molecule has 0 aliphatic carbocycles. The summed E-state index contributed by atoms with van der Waals surface area (Å²) < 4.78 is 31.9. The Morgan fingerprint density at radius 3 is 2.53 bits per heavy atom. The van der Waals surface area contributed by atoms with Gasteiger partial charge in [0.1, 0.15) is 12.4 Å². The van der Waals surface area contributed by atoms with Gasteiger partial charge in [0, 0.05) is 36.3 Å². The van der Waals surface area contributed by atoms with Crippen LogP contribution in [-0.2, 0) is 13.2 Å². The second kappa shape index (κ2) is 10.6. The number of anilines is 1. The molecule has 0 saturated heterocycles. The van der Waals surface area contributed by atoms with Crippen LogP contribution >= 0.6 is 11.3 Å². The fraction of sp³-hybridized carbons (Fsp3) is 0.0870. The van der Waals surface area contributed by atoms with E-state index < -0.39 is 17.5 Å². The van der Waals surface area contributed by atoms with E-state index >= 15 is 0 Å². The standard InChI is InChI=1S/C23H17F2N5O3S/c24-18-8-5-16(10-19(18)25)28-22(32)23-30-29-20(34-23)13-33-17-6-3-15(4-7-17)21(31)27-12-14-2-1-9-26-11-14/h1-11H,12-13H2,(H,27,31)(H,28,32). The van der Waals surface area contributed by atoms with E-state index in [1.165, 1.54) is 6.07 Å². The summed E-state index contributed by atoms with van der Waals surface area (Å²) in [5, 5.41) is 13.4. The molecule has 0 aliphatic rings. The molecule has 0 aliphatic heterocycles. The van der Waals surface area contributed by atoms with Crippen LogP contribution in [0.25, 0.3) is 0 Å². The molecule has 2 amide bonds. The monoisotopic (exact) mass is 481 g/mol. The SMILES string of the molecule is O=C(NCc1cccnc1)c1ccc(OCc2nnc(C(=O)Nc3ccc(F)c(F)c3)s2)cc1. The second-order valence-corrected chi connectivity index (χ2v) is 8.00. The van der Waals surface area contributed by atoms with Crippen LogP contribution < -0.4 is 15.4 Å². The van der Waals surface area contributed by atoms with Gasteiger partial charge in [0.2, 0.25) is 5.01 Å². The third kappa shape index (κ3) is 5.95. The highest BCUT2D eigenvalue weighted by Crippen LogP contribution is 2.18. The number of hydrogen-bond acceptors (Lipinski definition) is 7. The third-order valence-electron chi connectivity index (χ3n) is 4.49. The summed E-state index contributed by atoms with van der Waals surface area (Å²) in [5.74, 6) is -2.40. The number of ether oxygens (including phenoxy) is 1. The number of nitrogens with one attached hydrogen (secondary N) is 2. The smallest absolute Gasteiger partial charge is 0.286 e. The lowest BCUT2D eigenvalue weighted by molar-refractivity contribution is 0.0950. The van der Waals surface area contributed by atoms with Crippen LogP contribution in [0.3, 0.4) is 0 Å². The highest BCUT2D eigenvalue weighted by molar-refractivity contribution is 7.13. The molecule has 0 atom stereocenters. The van der Waals surface area contributed by atoms with Gasteiger partial charge in [-0.3, -0.25) is 14.6 Å². The number of pyridine rings is 1. The van der Waals surface area contributed by atoms with E-state index in [1.54, 1.807) is 42.7 Å². The number of benzene rings is 2. The van der Waals surface area contributed by atoms with Crippen molar-refractivity contribution in [2.75, 3.05) is 5.32 Å². The van der Waals surface area contributed by atoms with Crippen LogP contribution in [0.2, 0.25) is 0 Å². The minimum atomic E-state index is -1.07. The topological polar surface area (TPSA) is 106 Å². The summed E-state index contributed by atoms with van der Waals surface area (Å²) in [6.07, 6.45) is 3.35. The van der Waals surface area contributed by atoms with Gasteiger partial charge in [-0.2, -0.15) is 0 Å². The Labute approximate surface area is 196 Å². The van der Waals surface area contributed by atoms with Crippen molar-refractivity contribution in [2.24, 2.45) is 0 Å². The first kappa shape index (κ1) is 22.9. The molecule has 0 unspecified atom stereocenters. The minimum Gasteiger partial charge on any atom is -0.486 e. The van der Waals surface area contributed by atoms with Crippen molar-refractivity contribution in [3.05, 3.63) is 99.8 Å². The van der Waals surface area contributed by atoms with E-state index in [0.29, 0.717) is 22.9 Å². The largest absolute Gasteiger partial charge is 0.486 e. The molecule has 4 rings (SSSR count). The van der Waals surface area contributed by atoms with E-state index in [2.05, 4.69) is 25.8 Å². The first-order chi connectivity index (χ1) is 16.5. The molecule has 11 heteroatoms. The van der Waals surface area contributed by atoms with Crippen LogP contribution in [0.4, 0.5) is 14.5 Å².